The topological polar surface area (TPSA) is 174 Å². The van der Waals surface area contributed by atoms with Crippen LogP contribution < -0.4 is 30.7 Å². The van der Waals surface area contributed by atoms with Crippen molar-refractivity contribution in [2.45, 2.75) is 26.2 Å². The van der Waals surface area contributed by atoms with Gasteiger partial charge in [-0.2, -0.15) is 5.10 Å². The lowest BCUT2D eigenvalue weighted by molar-refractivity contribution is -0.110. The summed E-state index contributed by atoms with van der Waals surface area (Å²) in [6, 6.07) is 13.2. The quantitative estimate of drug-likeness (QED) is 0.183. The van der Waals surface area contributed by atoms with Crippen LogP contribution in [0.15, 0.2) is 53.6 Å². The van der Waals surface area contributed by atoms with Crippen molar-refractivity contribution in [3.63, 3.8) is 0 Å². The number of rotatable bonds is 11. The van der Waals surface area contributed by atoms with E-state index < -0.39 is 27.4 Å². The number of methoxy groups -OCH3 is 1. The van der Waals surface area contributed by atoms with Gasteiger partial charge in [-0.3, -0.25) is 14.4 Å². The first-order valence-corrected chi connectivity index (χ1v) is 16.3. The standard InChI is InChI=1S/C31H40N6O7S/c1-31(2,3)20-18-24(28(42-4)25(19-20)36-45(5,40)41)33-29(38)27(34-35-30(32)39)23-10-11-26(22-9-7-6-8-21(22)23)44-17-14-37-12-15-43-16-13-37/h6-11,18-19,36H,12-17H2,1-5H3,(H,33,38)(H3,32,35,39)/b34-27-. The fraction of sp³-hybridized carbons (Fsp3) is 0.387. The Morgan fingerprint density at radius 3 is 2.33 bits per heavy atom. The van der Waals surface area contributed by atoms with Crippen LogP contribution in [0.1, 0.15) is 31.9 Å². The Hall–Kier alpha value is -4.40. The number of benzene rings is 3. The summed E-state index contributed by atoms with van der Waals surface area (Å²) >= 11 is 0. The number of fused-ring (bicyclic) bond motifs is 1. The molecule has 45 heavy (non-hydrogen) atoms. The second kappa shape index (κ2) is 14.1. The molecule has 3 amide bonds. The number of primary amides is 1. The number of hydrogen-bond donors (Lipinski definition) is 4. The highest BCUT2D eigenvalue weighted by Gasteiger charge is 2.25. The highest BCUT2D eigenvalue weighted by Crippen LogP contribution is 2.39. The first kappa shape index (κ1) is 33.5. The summed E-state index contributed by atoms with van der Waals surface area (Å²) in [7, 11) is -2.32. The SMILES string of the molecule is COc1c(NC(=O)/C(=N\NC(N)=O)c2ccc(OCCN3CCOCC3)c3ccccc23)cc(C(C)(C)C)cc1NS(C)(=O)=O. The van der Waals surface area contributed by atoms with E-state index in [0.29, 0.717) is 36.5 Å². The predicted octanol–water partition coefficient (Wildman–Crippen LogP) is 3.24. The summed E-state index contributed by atoms with van der Waals surface area (Å²) in [4.78, 5) is 27.9. The minimum Gasteiger partial charge on any atom is -0.492 e. The van der Waals surface area contributed by atoms with Crippen LogP contribution in [0.3, 0.4) is 0 Å². The number of carbonyl (C=O) groups excluding carboxylic acids is 2. The highest BCUT2D eigenvalue weighted by molar-refractivity contribution is 7.92. The van der Waals surface area contributed by atoms with Gasteiger partial charge in [0.2, 0.25) is 10.0 Å². The molecule has 0 spiro atoms. The van der Waals surface area contributed by atoms with Gasteiger partial charge in [-0.1, -0.05) is 45.0 Å². The lowest BCUT2D eigenvalue weighted by Crippen LogP contribution is -2.38. The molecule has 1 fully saturated rings. The number of nitrogens with one attached hydrogen (secondary N) is 3. The van der Waals surface area contributed by atoms with Crippen molar-refractivity contribution in [3.05, 3.63) is 59.7 Å². The predicted molar refractivity (Wildman–Crippen MR) is 175 cm³/mol. The molecule has 4 rings (SSSR count). The Bertz CT molecular complexity index is 1700. The van der Waals surface area contributed by atoms with Crippen LogP contribution in [0.2, 0.25) is 0 Å². The van der Waals surface area contributed by atoms with E-state index in [1.54, 1.807) is 24.3 Å². The third-order valence-electron chi connectivity index (χ3n) is 7.10. The normalized spacial score (nSPS) is 14.6. The van der Waals surface area contributed by atoms with E-state index in [-0.39, 0.29) is 22.8 Å². The van der Waals surface area contributed by atoms with Crippen molar-refractivity contribution in [2.24, 2.45) is 10.8 Å². The highest BCUT2D eigenvalue weighted by atomic mass is 32.2. The van der Waals surface area contributed by atoms with E-state index in [2.05, 4.69) is 25.5 Å². The minimum absolute atomic E-state index is 0.0952. The Kier molecular flexibility index (Phi) is 10.5. The number of ether oxygens (including phenoxy) is 3. The number of carbonyl (C=O) groups is 2. The largest absolute Gasteiger partial charge is 0.492 e. The first-order chi connectivity index (χ1) is 21.3. The summed E-state index contributed by atoms with van der Waals surface area (Å²) in [5.74, 6) is 0.0173. The van der Waals surface area contributed by atoms with Crippen molar-refractivity contribution in [1.82, 2.24) is 10.3 Å². The molecule has 5 N–H and O–H groups in total. The van der Waals surface area contributed by atoms with Crippen LogP contribution in [0.25, 0.3) is 10.8 Å². The van der Waals surface area contributed by atoms with Gasteiger partial charge in [0, 0.05) is 30.6 Å². The van der Waals surface area contributed by atoms with E-state index in [9.17, 15) is 18.0 Å². The second-order valence-electron chi connectivity index (χ2n) is 11.6. The summed E-state index contributed by atoms with van der Waals surface area (Å²) in [6.07, 6.45) is 1.02. The van der Waals surface area contributed by atoms with Gasteiger partial charge < -0.3 is 25.3 Å². The molecule has 0 saturated carbocycles. The molecule has 0 unspecified atom stereocenters. The molecular formula is C31H40N6O7S. The summed E-state index contributed by atoms with van der Waals surface area (Å²) in [5.41, 5.74) is 8.38. The van der Waals surface area contributed by atoms with Gasteiger partial charge in [0.25, 0.3) is 5.91 Å². The van der Waals surface area contributed by atoms with Gasteiger partial charge in [0.15, 0.2) is 11.5 Å². The fourth-order valence-corrected chi connectivity index (χ4v) is 5.44. The number of hydrogen-bond acceptors (Lipinski definition) is 9. The van der Waals surface area contributed by atoms with E-state index >= 15 is 0 Å². The van der Waals surface area contributed by atoms with Crippen LogP contribution in [-0.4, -0.2) is 83.8 Å². The van der Waals surface area contributed by atoms with Crippen molar-refractivity contribution in [2.75, 3.05) is 62.9 Å². The van der Waals surface area contributed by atoms with Crippen LogP contribution in [0.5, 0.6) is 11.5 Å². The van der Waals surface area contributed by atoms with Gasteiger partial charge in [0.05, 0.1) is 38.0 Å². The van der Waals surface area contributed by atoms with Crippen molar-refractivity contribution in [3.8, 4) is 11.5 Å². The minimum atomic E-state index is -3.68. The van der Waals surface area contributed by atoms with E-state index in [1.807, 2.05) is 45.0 Å². The average Bonchev–Trinajstić information content (AvgIpc) is 2.97. The zero-order chi connectivity index (χ0) is 32.8. The van der Waals surface area contributed by atoms with Gasteiger partial charge in [-0.25, -0.2) is 18.6 Å². The Balaban J connectivity index is 1.73. The number of hydrazone groups is 1. The number of amides is 3. The molecular weight excluding hydrogens is 600 g/mol. The second-order valence-corrected chi connectivity index (χ2v) is 13.3. The molecule has 1 aliphatic heterocycles. The molecule has 1 saturated heterocycles. The number of morpholine rings is 1. The monoisotopic (exact) mass is 640 g/mol. The summed E-state index contributed by atoms with van der Waals surface area (Å²) in [6.45, 7) is 10.1. The van der Waals surface area contributed by atoms with E-state index in [1.165, 1.54) is 7.11 Å². The molecule has 3 aromatic rings. The molecule has 0 radical (unpaired) electrons. The van der Waals surface area contributed by atoms with Crippen molar-refractivity contribution < 1.29 is 32.2 Å². The molecule has 13 nitrogen and oxygen atoms in total. The smallest absolute Gasteiger partial charge is 0.332 e. The molecule has 14 heteroatoms. The molecule has 0 aromatic heterocycles. The Morgan fingerprint density at radius 1 is 1.04 bits per heavy atom. The molecule has 1 heterocycles. The lowest BCUT2D eigenvalue weighted by atomic mass is 9.86. The van der Waals surface area contributed by atoms with Crippen LogP contribution in [0, 0.1) is 0 Å². The number of urea groups is 1. The number of anilines is 2. The zero-order valence-electron chi connectivity index (χ0n) is 26.1. The molecule has 242 valence electrons. The zero-order valence-corrected chi connectivity index (χ0v) is 26.9. The fourth-order valence-electron chi connectivity index (χ4n) is 4.89. The molecule has 0 aliphatic carbocycles. The van der Waals surface area contributed by atoms with Gasteiger partial charge in [-0.05, 0) is 40.6 Å². The maximum absolute atomic E-state index is 14.0. The lowest BCUT2D eigenvalue weighted by Gasteiger charge is -2.26. The molecule has 0 bridgehead atoms. The molecule has 3 aromatic carbocycles. The van der Waals surface area contributed by atoms with Gasteiger partial charge in [0.1, 0.15) is 12.4 Å². The van der Waals surface area contributed by atoms with Crippen LogP contribution >= 0.6 is 0 Å². The van der Waals surface area contributed by atoms with Crippen LogP contribution in [-0.2, 0) is 25.0 Å². The average molecular weight is 641 g/mol. The summed E-state index contributed by atoms with van der Waals surface area (Å²) in [5, 5.41) is 8.26. The molecule has 1 aliphatic rings. The van der Waals surface area contributed by atoms with Crippen LogP contribution in [0.4, 0.5) is 16.2 Å². The Morgan fingerprint density at radius 2 is 1.71 bits per heavy atom. The van der Waals surface area contributed by atoms with Gasteiger partial charge >= 0.3 is 6.03 Å². The molecule has 0 atom stereocenters. The number of sulfonamides is 1. The van der Waals surface area contributed by atoms with Gasteiger partial charge in [-0.15, -0.1) is 0 Å². The third-order valence-corrected chi connectivity index (χ3v) is 7.69. The maximum Gasteiger partial charge on any atom is 0.332 e. The number of nitrogens with zero attached hydrogens (tertiary/aromatic N) is 2. The number of nitrogens with two attached hydrogens (primary N) is 1. The van der Waals surface area contributed by atoms with Crippen molar-refractivity contribution >= 4 is 49.8 Å². The summed E-state index contributed by atoms with van der Waals surface area (Å²) < 4.78 is 43.9. The maximum atomic E-state index is 14.0. The Labute approximate surface area is 263 Å². The van der Waals surface area contributed by atoms with Crippen molar-refractivity contribution in [1.29, 1.82) is 0 Å². The van der Waals surface area contributed by atoms with E-state index in [4.69, 9.17) is 19.9 Å². The first-order valence-electron chi connectivity index (χ1n) is 14.4. The third kappa shape index (κ3) is 8.84. The van der Waals surface area contributed by atoms with E-state index in [0.717, 1.165) is 36.8 Å².